The van der Waals surface area contributed by atoms with Crippen molar-refractivity contribution in [2.24, 2.45) is 11.3 Å². The summed E-state index contributed by atoms with van der Waals surface area (Å²) in [5, 5.41) is 0. The zero-order valence-corrected chi connectivity index (χ0v) is 12.9. The van der Waals surface area contributed by atoms with Crippen molar-refractivity contribution in [2.75, 3.05) is 0 Å². The molecule has 0 bridgehead atoms. The van der Waals surface area contributed by atoms with Crippen LogP contribution in [0.4, 0.5) is 0 Å². The maximum Gasteiger partial charge on any atom is -0.0131 e. The molecule has 0 spiro atoms. The van der Waals surface area contributed by atoms with Gasteiger partial charge in [-0.3, -0.25) is 0 Å². The third-order valence-corrected chi connectivity index (χ3v) is 4.32. The molecule has 0 aromatic heterocycles. The van der Waals surface area contributed by atoms with Crippen LogP contribution >= 0.6 is 0 Å². The van der Waals surface area contributed by atoms with Crippen LogP contribution in [0.1, 0.15) is 71.8 Å². The standard InChI is InChI=1S/C18H30/c1-6-7-9-14-17(15(2)18(3,4)5)16-12-10-8-11-13-16/h8,10-13,15,17H,6-7,9,14H2,1-5H3. The Labute approximate surface area is 114 Å². The van der Waals surface area contributed by atoms with Crippen molar-refractivity contribution in [3.8, 4) is 0 Å². The third kappa shape index (κ3) is 4.48. The minimum Gasteiger partial charge on any atom is -0.0654 e. The van der Waals surface area contributed by atoms with Gasteiger partial charge >= 0.3 is 0 Å². The van der Waals surface area contributed by atoms with Gasteiger partial charge in [-0.25, -0.2) is 0 Å². The quantitative estimate of drug-likeness (QED) is 0.537. The van der Waals surface area contributed by atoms with Gasteiger partial charge in [0.25, 0.3) is 0 Å². The van der Waals surface area contributed by atoms with Crippen LogP contribution < -0.4 is 0 Å². The Morgan fingerprint density at radius 1 is 1.00 bits per heavy atom. The first-order valence-corrected chi connectivity index (χ1v) is 7.51. The van der Waals surface area contributed by atoms with Gasteiger partial charge in [0.15, 0.2) is 0 Å². The van der Waals surface area contributed by atoms with Gasteiger partial charge in [-0.05, 0) is 29.2 Å². The summed E-state index contributed by atoms with van der Waals surface area (Å²) in [4.78, 5) is 0. The predicted molar refractivity (Wildman–Crippen MR) is 81.9 cm³/mol. The minimum absolute atomic E-state index is 0.382. The average Bonchev–Trinajstić information content (AvgIpc) is 2.34. The molecule has 0 heterocycles. The summed E-state index contributed by atoms with van der Waals surface area (Å²) >= 11 is 0. The smallest absolute Gasteiger partial charge is 0.0131 e. The van der Waals surface area contributed by atoms with Gasteiger partial charge in [0.1, 0.15) is 0 Å². The average molecular weight is 246 g/mol. The normalized spacial score (nSPS) is 15.4. The molecule has 1 aromatic carbocycles. The van der Waals surface area contributed by atoms with Crippen LogP contribution in [-0.4, -0.2) is 0 Å². The molecule has 18 heavy (non-hydrogen) atoms. The molecule has 0 aliphatic heterocycles. The number of hydrogen-bond acceptors (Lipinski definition) is 0. The van der Waals surface area contributed by atoms with Gasteiger partial charge in [0.05, 0.1) is 0 Å². The number of rotatable bonds is 6. The first-order valence-electron chi connectivity index (χ1n) is 7.51. The summed E-state index contributed by atoms with van der Waals surface area (Å²) in [6.07, 6.45) is 5.36. The molecule has 0 N–H and O–H groups in total. The van der Waals surface area contributed by atoms with Crippen molar-refractivity contribution in [1.29, 1.82) is 0 Å². The Morgan fingerprint density at radius 2 is 1.61 bits per heavy atom. The summed E-state index contributed by atoms with van der Waals surface area (Å²) in [5.74, 6) is 1.43. The molecule has 0 saturated heterocycles. The molecule has 102 valence electrons. The molecule has 2 unspecified atom stereocenters. The fourth-order valence-corrected chi connectivity index (χ4v) is 2.62. The lowest BCUT2D eigenvalue weighted by atomic mass is 9.70. The highest BCUT2D eigenvalue weighted by atomic mass is 14.3. The molecular weight excluding hydrogens is 216 g/mol. The minimum atomic E-state index is 0.382. The van der Waals surface area contributed by atoms with E-state index in [0.717, 1.165) is 5.92 Å². The molecule has 0 aliphatic carbocycles. The number of hydrogen-bond donors (Lipinski definition) is 0. The van der Waals surface area contributed by atoms with E-state index in [1.165, 1.54) is 31.2 Å². The van der Waals surface area contributed by atoms with Crippen LogP contribution in [0.15, 0.2) is 30.3 Å². The summed E-state index contributed by atoms with van der Waals surface area (Å²) in [6, 6.07) is 11.1. The lowest BCUT2D eigenvalue weighted by molar-refractivity contribution is 0.211. The van der Waals surface area contributed by atoms with Crippen LogP contribution in [-0.2, 0) is 0 Å². The van der Waals surface area contributed by atoms with Crippen molar-refractivity contribution >= 4 is 0 Å². The topological polar surface area (TPSA) is 0 Å². The highest BCUT2D eigenvalue weighted by Crippen LogP contribution is 2.40. The molecule has 0 saturated carbocycles. The highest BCUT2D eigenvalue weighted by Gasteiger charge is 2.28. The maximum atomic E-state index is 2.42. The molecule has 0 aliphatic rings. The van der Waals surface area contributed by atoms with E-state index < -0.39 is 0 Å². The molecule has 0 fully saturated rings. The Kier molecular flexibility index (Phi) is 5.91. The Balaban J connectivity index is 2.82. The van der Waals surface area contributed by atoms with Gasteiger partial charge in [-0.15, -0.1) is 0 Å². The first kappa shape index (κ1) is 15.3. The summed E-state index contributed by atoms with van der Waals surface area (Å²) in [6.45, 7) is 11.8. The SMILES string of the molecule is CCCCCC(c1ccccc1)C(C)C(C)(C)C. The molecule has 0 radical (unpaired) electrons. The van der Waals surface area contributed by atoms with Crippen molar-refractivity contribution in [2.45, 2.75) is 66.2 Å². The van der Waals surface area contributed by atoms with Gasteiger partial charge < -0.3 is 0 Å². The van der Waals surface area contributed by atoms with E-state index in [9.17, 15) is 0 Å². The monoisotopic (exact) mass is 246 g/mol. The van der Waals surface area contributed by atoms with Gasteiger partial charge in [0.2, 0.25) is 0 Å². The van der Waals surface area contributed by atoms with E-state index in [0.29, 0.717) is 11.3 Å². The van der Waals surface area contributed by atoms with Gasteiger partial charge in [-0.1, -0.05) is 84.2 Å². The van der Waals surface area contributed by atoms with Gasteiger partial charge in [0, 0.05) is 0 Å². The van der Waals surface area contributed by atoms with Crippen molar-refractivity contribution < 1.29 is 0 Å². The van der Waals surface area contributed by atoms with E-state index >= 15 is 0 Å². The molecule has 0 nitrogen and oxygen atoms in total. The lowest BCUT2D eigenvalue weighted by Gasteiger charge is -2.35. The van der Waals surface area contributed by atoms with E-state index in [-0.39, 0.29) is 0 Å². The molecule has 0 heteroatoms. The molecule has 1 rings (SSSR count). The van der Waals surface area contributed by atoms with Crippen LogP contribution in [0.2, 0.25) is 0 Å². The zero-order chi connectivity index (χ0) is 13.6. The van der Waals surface area contributed by atoms with E-state index in [1.54, 1.807) is 0 Å². The van der Waals surface area contributed by atoms with Gasteiger partial charge in [-0.2, -0.15) is 0 Å². The summed E-state index contributed by atoms with van der Waals surface area (Å²) in [7, 11) is 0. The van der Waals surface area contributed by atoms with E-state index in [2.05, 4.69) is 65.0 Å². The maximum absolute atomic E-state index is 2.42. The van der Waals surface area contributed by atoms with Crippen LogP contribution in [0.5, 0.6) is 0 Å². The Bertz CT molecular complexity index is 318. The highest BCUT2D eigenvalue weighted by molar-refractivity contribution is 5.20. The fraction of sp³-hybridized carbons (Fsp3) is 0.667. The van der Waals surface area contributed by atoms with Crippen LogP contribution in [0.25, 0.3) is 0 Å². The van der Waals surface area contributed by atoms with E-state index in [1.807, 2.05) is 0 Å². The van der Waals surface area contributed by atoms with Crippen molar-refractivity contribution in [3.05, 3.63) is 35.9 Å². The predicted octanol–water partition coefficient (Wildman–Crippen LogP) is 6.03. The number of unbranched alkanes of at least 4 members (excludes halogenated alkanes) is 2. The second-order valence-electron chi connectivity index (χ2n) is 6.67. The molecular formula is C18H30. The zero-order valence-electron chi connectivity index (χ0n) is 12.9. The second-order valence-corrected chi connectivity index (χ2v) is 6.67. The lowest BCUT2D eigenvalue weighted by Crippen LogP contribution is -2.24. The van der Waals surface area contributed by atoms with Crippen molar-refractivity contribution in [1.82, 2.24) is 0 Å². The molecule has 1 aromatic rings. The Morgan fingerprint density at radius 3 is 2.11 bits per heavy atom. The van der Waals surface area contributed by atoms with E-state index in [4.69, 9.17) is 0 Å². The molecule has 2 atom stereocenters. The summed E-state index contributed by atoms with van der Waals surface area (Å²) in [5.41, 5.74) is 1.91. The summed E-state index contributed by atoms with van der Waals surface area (Å²) < 4.78 is 0. The number of benzene rings is 1. The fourth-order valence-electron chi connectivity index (χ4n) is 2.62. The Hall–Kier alpha value is -0.780. The van der Waals surface area contributed by atoms with Crippen LogP contribution in [0.3, 0.4) is 0 Å². The first-order chi connectivity index (χ1) is 8.46. The van der Waals surface area contributed by atoms with Crippen LogP contribution in [0, 0.1) is 11.3 Å². The van der Waals surface area contributed by atoms with Crippen molar-refractivity contribution in [3.63, 3.8) is 0 Å². The molecule has 0 amide bonds. The third-order valence-electron chi connectivity index (χ3n) is 4.32. The largest absolute Gasteiger partial charge is 0.0654 e. The second kappa shape index (κ2) is 6.97.